The van der Waals surface area contributed by atoms with E-state index in [0.29, 0.717) is 17.2 Å². The number of thiazole rings is 1. The van der Waals surface area contributed by atoms with E-state index in [1.165, 1.54) is 34.2 Å². The zero-order chi connectivity index (χ0) is 21.8. The van der Waals surface area contributed by atoms with Gasteiger partial charge < -0.3 is 19.5 Å². The molecule has 9 heteroatoms. The molecule has 2 amide bonds. The van der Waals surface area contributed by atoms with Crippen LogP contribution in [0.2, 0.25) is 0 Å². The third kappa shape index (κ3) is 4.66. The zero-order valence-electron chi connectivity index (χ0n) is 17.0. The first-order valence-electron chi connectivity index (χ1n) is 9.90. The van der Waals surface area contributed by atoms with E-state index in [2.05, 4.69) is 10.3 Å². The van der Waals surface area contributed by atoms with Gasteiger partial charge in [-0.2, -0.15) is 0 Å². The molecule has 2 aromatic heterocycles. The Morgan fingerprint density at radius 1 is 1.23 bits per heavy atom. The Hall–Kier alpha value is -3.46. The number of pyridine rings is 1. The second kappa shape index (κ2) is 9.13. The van der Waals surface area contributed by atoms with E-state index in [4.69, 9.17) is 4.74 Å². The Bertz CT molecular complexity index is 1130. The van der Waals surface area contributed by atoms with Gasteiger partial charge in [0.15, 0.2) is 5.13 Å². The lowest BCUT2D eigenvalue weighted by Crippen LogP contribution is -2.33. The van der Waals surface area contributed by atoms with E-state index in [1.54, 1.807) is 18.7 Å². The second-order valence-electron chi connectivity index (χ2n) is 7.20. The van der Waals surface area contributed by atoms with Gasteiger partial charge in [-0.05, 0) is 36.6 Å². The van der Waals surface area contributed by atoms with Gasteiger partial charge in [-0.15, -0.1) is 11.3 Å². The van der Waals surface area contributed by atoms with E-state index in [9.17, 15) is 14.4 Å². The normalized spacial score (nSPS) is 15.6. The molecule has 0 spiro atoms. The summed E-state index contributed by atoms with van der Waals surface area (Å²) in [4.78, 5) is 43.5. The van der Waals surface area contributed by atoms with E-state index < -0.39 is 0 Å². The zero-order valence-corrected chi connectivity index (χ0v) is 17.8. The summed E-state index contributed by atoms with van der Waals surface area (Å²) in [5.41, 5.74) is 1.07. The Balaban J connectivity index is 1.51. The maximum Gasteiger partial charge on any atom is 0.255 e. The van der Waals surface area contributed by atoms with Crippen molar-refractivity contribution in [3.8, 4) is 5.75 Å². The number of benzene rings is 1. The van der Waals surface area contributed by atoms with E-state index >= 15 is 0 Å². The molecule has 160 valence electrons. The second-order valence-corrected chi connectivity index (χ2v) is 8.09. The van der Waals surface area contributed by atoms with Crippen LogP contribution in [0.1, 0.15) is 34.8 Å². The quantitative estimate of drug-likeness (QED) is 0.639. The van der Waals surface area contributed by atoms with Gasteiger partial charge in [-0.25, -0.2) is 4.98 Å². The molecule has 3 aromatic rings. The molecule has 4 rings (SSSR count). The number of nitrogens with zero attached hydrogens (tertiary/aromatic N) is 3. The van der Waals surface area contributed by atoms with Crippen LogP contribution in [0.3, 0.4) is 0 Å². The van der Waals surface area contributed by atoms with Crippen LogP contribution in [0.5, 0.6) is 5.75 Å². The molecule has 0 radical (unpaired) electrons. The Morgan fingerprint density at radius 3 is 2.74 bits per heavy atom. The van der Waals surface area contributed by atoms with Crippen LogP contribution in [-0.2, 0) is 11.3 Å². The highest BCUT2D eigenvalue weighted by Gasteiger charge is 2.31. The summed E-state index contributed by atoms with van der Waals surface area (Å²) in [6.07, 6.45) is 4.81. The van der Waals surface area contributed by atoms with Crippen molar-refractivity contribution in [3.63, 3.8) is 0 Å². The summed E-state index contributed by atoms with van der Waals surface area (Å²) in [5.74, 6) is 0.231. The van der Waals surface area contributed by atoms with Crippen molar-refractivity contribution in [2.24, 2.45) is 0 Å². The molecular formula is C22H22N4O4S. The van der Waals surface area contributed by atoms with Crippen molar-refractivity contribution in [2.75, 3.05) is 19.0 Å². The highest BCUT2D eigenvalue weighted by Crippen LogP contribution is 2.33. The van der Waals surface area contributed by atoms with E-state index in [-0.39, 0.29) is 30.0 Å². The van der Waals surface area contributed by atoms with Gasteiger partial charge >= 0.3 is 0 Å². The largest absolute Gasteiger partial charge is 0.497 e. The monoisotopic (exact) mass is 438 g/mol. The number of rotatable bonds is 6. The fourth-order valence-electron chi connectivity index (χ4n) is 3.73. The molecule has 3 heterocycles. The van der Waals surface area contributed by atoms with Crippen molar-refractivity contribution < 1.29 is 14.3 Å². The first-order chi connectivity index (χ1) is 15.0. The van der Waals surface area contributed by atoms with Gasteiger partial charge in [0.1, 0.15) is 12.3 Å². The molecule has 31 heavy (non-hydrogen) atoms. The van der Waals surface area contributed by atoms with E-state index in [1.807, 2.05) is 29.2 Å². The maximum atomic E-state index is 13.2. The Labute approximate surface area is 183 Å². The number of nitrogens with one attached hydrogen (secondary N) is 1. The maximum absolute atomic E-state index is 13.2. The number of likely N-dealkylation sites (tertiary alicyclic amines) is 1. The van der Waals surface area contributed by atoms with Crippen molar-refractivity contribution >= 4 is 28.3 Å². The van der Waals surface area contributed by atoms with Gasteiger partial charge in [-0.1, -0.05) is 12.1 Å². The summed E-state index contributed by atoms with van der Waals surface area (Å²) >= 11 is 1.29. The lowest BCUT2D eigenvalue weighted by Gasteiger charge is -2.25. The fourth-order valence-corrected chi connectivity index (χ4v) is 4.27. The number of hydrogen-bond acceptors (Lipinski definition) is 6. The summed E-state index contributed by atoms with van der Waals surface area (Å²) in [6.45, 7) is 0.445. The predicted octanol–water partition coefficient (Wildman–Crippen LogP) is 2.93. The molecule has 1 atom stereocenters. The number of carbonyl (C=O) groups is 2. The van der Waals surface area contributed by atoms with Gasteiger partial charge in [0.25, 0.3) is 11.5 Å². The lowest BCUT2D eigenvalue weighted by molar-refractivity contribution is -0.116. The topological polar surface area (TPSA) is 93.5 Å². The first kappa shape index (κ1) is 20.8. The van der Waals surface area contributed by atoms with Crippen molar-refractivity contribution in [1.29, 1.82) is 0 Å². The molecule has 0 aliphatic carbocycles. The standard InChI is InChI=1S/C22H22N4O4S/c1-30-17-7-4-15(5-8-17)18-3-2-11-26(18)21(29)16-6-9-20(28)25(13-16)14-19(27)24-22-23-10-12-31-22/h4-10,12-13,18H,2-3,11,14H2,1H3,(H,23,24,27). The molecule has 1 saturated heterocycles. The lowest BCUT2D eigenvalue weighted by atomic mass is 10.0. The van der Waals surface area contributed by atoms with Crippen LogP contribution in [0.25, 0.3) is 0 Å². The molecule has 1 unspecified atom stereocenters. The number of carbonyl (C=O) groups excluding carboxylic acids is 2. The Morgan fingerprint density at radius 2 is 2.03 bits per heavy atom. The highest BCUT2D eigenvalue weighted by molar-refractivity contribution is 7.13. The summed E-state index contributed by atoms with van der Waals surface area (Å²) in [7, 11) is 1.62. The Kier molecular flexibility index (Phi) is 6.13. The van der Waals surface area contributed by atoms with Crippen LogP contribution in [-0.4, -0.2) is 39.9 Å². The summed E-state index contributed by atoms with van der Waals surface area (Å²) in [5, 5.41) is 4.85. The highest BCUT2D eigenvalue weighted by atomic mass is 32.1. The number of methoxy groups -OCH3 is 1. The third-order valence-corrected chi connectivity index (χ3v) is 5.93. The molecule has 1 N–H and O–H groups in total. The van der Waals surface area contributed by atoms with Crippen LogP contribution < -0.4 is 15.6 Å². The average molecular weight is 439 g/mol. The number of hydrogen-bond donors (Lipinski definition) is 1. The van der Waals surface area contributed by atoms with Crippen LogP contribution in [0.15, 0.2) is 59.0 Å². The van der Waals surface area contributed by atoms with Crippen molar-refractivity contribution in [3.05, 3.63) is 75.7 Å². The van der Waals surface area contributed by atoms with Gasteiger partial charge in [-0.3, -0.25) is 14.4 Å². The minimum atomic E-state index is -0.376. The predicted molar refractivity (Wildman–Crippen MR) is 117 cm³/mol. The van der Waals surface area contributed by atoms with Gasteiger partial charge in [0.05, 0.1) is 18.7 Å². The van der Waals surface area contributed by atoms with Gasteiger partial charge in [0, 0.05) is 30.4 Å². The number of ether oxygens (including phenoxy) is 1. The van der Waals surface area contributed by atoms with Gasteiger partial charge in [0.2, 0.25) is 5.91 Å². The first-order valence-corrected chi connectivity index (χ1v) is 10.8. The van der Waals surface area contributed by atoms with Crippen molar-refractivity contribution in [1.82, 2.24) is 14.5 Å². The fraction of sp³-hybridized carbons (Fsp3) is 0.273. The summed E-state index contributed by atoms with van der Waals surface area (Å²) < 4.78 is 6.46. The minimum absolute atomic E-state index is 0.0352. The van der Waals surface area contributed by atoms with Crippen molar-refractivity contribution in [2.45, 2.75) is 25.4 Å². The molecule has 1 aliphatic rings. The smallest absolute Gasteiger partial charge is 0.255 e. The summed E-state index contributed by atoms with van der Waals surface area (Å²) in [6, 6.07) is 10.5. The SMILES string of the molecule is COc1ccc(C2CCCN2C(=O)c2ccc(=O)n(CC(=O)Nc3nccs3)c2)cc1. The minimum Gasteiger partial charge on any atom is -0.497 e. The molecule has 0 bridgehead atoms. The van der Waals surface area contributed by atoms with Crippen LogP contribution in [0.4, 0.5) is 5.13 Å². The average Bonchev–Trinajstić information content (AvgIpc) is 3.47. The van der Waals surface area contributed by atoms with Crippen LogP contribution >= 0.6 is 11.3 Å². The number of aromatic nitrogens is 2. The molecule has 0 saturated carbocycles. The van der Waals surface area contributed by atoms with E-state index in [0.717, 1.165) is 24.2 Å². The molecule has 1 aromatic carbocycles. The number of anilines is 1. The molecule has 1 aliphatic heterocycles. The molecule has 1 fully saturated rings. The van der Waals surface area contributed by atoms with Crippen LogP contribution in [0, 0.1) is 0 Å². The molecular weight excluding hydrogens is 416 g/mol. The molecule has 8 nitrogen and oxygen atoms in total. The third-order valence-electron chi connectivity index (χ3n) is 5.24. The number of amides is 2.